The second kappa shape index (κ2) is 6.81. The zero-order valence-electron chi connectivity index (χ0n) is 11.4. The maximum Gasteiger partial charge on any atom is 0.259 e. The number of amides is 1. The minimum Gasteiger partial charge on any atom is -0.296 e. The van der Waals surface area contributed by atoms with E-state index >= 15 is 0 Å². The van der Waals surface area contributed by atoms with E-state index in [0.717, 1.165) is 17.8 Å². The van der Waals surface area contributed by atoms with Crippen molar-refractivity contribution in [2.24, 2.45) is 0 Å². The highest BCUT2D eigenvalue weighted by Gasteiger charge is 2.16. The number of benzene rings is 1. The molecule has 20 heavy (non-hydrogen) atoms. The molecule has 0 aliphatic carbocycles. The molecule has 0 fully saturated rings. The van der Waals surface area contributed by atoms with Crippen molar-refractivity contribution in [1.82, 2.24) is 10.2 Å². The van der Waals surface area contributed by atoms with Gasteiger partial charge in [-0.25, -0.2) is 0 Å². The molecule has 0 spiro atoms. The molecule has 0 bridgehead atoms. The van der Waals surface area contributed by atoms with Crippen LogP contribution in [0.5, 0.6) is 0 Å². The maximum absolute atomic E-state index is 12.1. The molecule has 2 aromatic rings. The molecule has 1 aromatic carbocycles. The number of anilines is 1. The summed E-state index contributed by atoms with van der Waals surface area (Å²) in [5.74, 6) is 0.140. The van der Waals surface area contributed by atoms with Gasteiger partial charge in [-0.2, -0.15) is 0 Å². The van der Waals surface area contributed by atoms with E-state index in [4.69, 9.17) is 11.6 Å². The average molecular weight is 310 g/mol. The topological polar surface area (TPSA) is 54.9 Å². The summed E-state index contributed by atoms with van der Waals surface area (Å²) in [6.07, 6.45) is 2.03. The Morgan fingerprint density at radius 3 is 2.65 bits per heavy atom. The van der Waals surface area contributed by atoms with Crippen LogP contribution in [0.3, 0.4) is 0 Å². The highest BCUT2D eigenvalue weighted by atomic mass is 35.5. The molecule has 1 aromatic heterocycles. The van der Waals surface area contributed by atoms with Crippen LogP contribution in [0.4, 0.5) is 5.13 Å². The van der Waals surface area contributed by atoms with Crippen LogP contribution < -0.4 is 5.32 Å². The Morgan fingerprint density at radius 1 is 1.30 bits per heavy atom. The maximum atomic E-state index is 12.1. The molecule has 6 heteroatoms. The Balaban J connectivity index is 2.11. The second-order valence-electron chi connectivity index (χ2n) is 4.39. The van der Waals surface area contributed by atoms with Crippen LogP contribution in [0.2, 0.25) is 5.02 Å². The molecule has 1 amide bonds. The van der Waals surface area contributed by atoms with Gasteiger partial charge in [-0.3, -0.25) is 10.1 Å². The lowest BCUT2D eigenvalue weighted by Gasteiger charge is -2.06. The van der Waals surface area contributed by atoms with Gasteiger partial charge in [0.15, 0.2) is 0 Å². The fourth-order valence-corrected chi connectivity index (χ4v) is 3.12. The average Bonchev–Trinajstić information content (AvgIpc) is 2.89. The van der Waals surface area contributed by atoms with Crippen LogP contribution in [0.15, 0.2) is 24.3 Å². The largest absolute Gasteiger partial charge is 0.296 e. The van der Waals surface area contributed by atoms with E-state index in [9.17, 15) is 4.79 Å². The Kier molecular flexibility index (Phi) is 5.09. The summed E-state index contributed by atoms with van der Waals surface area (Å²) in [6, 6.07) is 6.93. The molecule has 0 saturated carbocycles. The SMILES string of the molecule is CCC(CC)c1nnc(NC(=O)c2ccccc2Cl)s1. The smallest absolute Gasteiger partial charge is 0.259 e. The van der Waals surface area contributed by atoms with E-state index in [-0.39, 0.29) is 5.91 Å². The standard InChI is InChI=1S/C14H16ClN3OS/c1-3-9(4-2)13-17-18-14(20-13)16-12(19)10-7-5-6-8-11(10)15/h5-9H,3-4H2,1-2H3,(H,16,18,19). The molecule has 2 rings (SSSR count). The fourth-order valence-electron chi connectivity index (χ4n) is 1.90. The van der Waals surface area contributed by atoms with Crippen molar-refractivity contribution in [3.8, 4) is 0 Å². The van der Waals surface area contributed by atoms with Gasteiger partial charge in [0.25, 0.3) is 5.91 Å². The van der Waals surface area contributed by atoms with Crippen LogP contribution in [-0.2, 0) is 0 Å². The number of nitrogens with one attached hydrogen (secondary N) is 1. The molecular weight excluding hydrogens is 294 g/mol. The number of nitrogens with zero attached hydrogens (tertiary/aromatic N) is 2. The lowest BCUT2D eigenvalue weighted by molar-refractivity contribution is 0.102. The number of hydrogen-bond donors (Lipinski definition) is 1. The van der Waals surface area contributed by atoms with Gasteiger partial charge in [-0.15, -0.1) is 10.2 Å². The van der Waals surface area contributed by atoms with Crippen molar-refractivity contribution >= 4 is 34.0 Å². The van der Waals surface area contributed by atoms with Gasteiger partial charge in [0.05, 0.1) is 10.6 Å². The molecule has 0 aliphatic heterocycles. The predicted molar refractivity (Wildman–Crippen MR) is 82.6 cm³/mol. The van der Waals surface area contributed by atoms with Crippen LogP contribution in [-0.4, -0.2) is 16.1 Å². The van der Waals surface area contributed by atoms with Crippen molar-refractivity contribution in [3.05, 3.63) is 39.9 Å². The Morgan fingerprint density at radius 2 is 2.00 bits per heavy atom. The van der Waals surface area contributed by atoms with Crippen LogP contribution in [0.1, 0.15) is 48.0 Å². The first-order chi connectivity index (χ1) is 9.65. The lowest BCUT2D eigenvalue weighted by atomic mass is 10.1. The second-order valence-corrected chi connectivity index (χ2v) is 5.81. The third-order valence-electron chi connectivity index (χ3n) is 3.11. The Labute approximate surface area is 127 Å². The van der Waals surface area contributed by atoms with Crippen molar-refractivity contribution in [2.45, 2.75) is 32.6 Å². The van der Waals surface area contributed by atoms with Gasteiger partial charge < -0.3 is 0 Å². The van der Waals surface area contributed by atoms with Gasteiger partial charge >= 0.3 is 0 Å². The number of hydrogen-bond acceptors (Lipinski definition) is 4. The van der Waals surface area contributed by atoms with Gasteiger partial charge in [0, 0.05) is 5.92 Å². The normalized spacial score (nSPS) is 10.8. The van der Waals surface area contributed by atoms with E-state index in [1.165, 1.54) is 11.3 Å². The van der Waals surface area contributed by atoms with E-state index in [0.29, 0.717) is 21.6 Å². The molecule has 0 atom stereocenters. The number of carbonyl (C=O) groups excluding carboxylic acids is 1. The van der Waals surface area contributed by atoms with Gasteiger partial charge in [0.2, 0.25) is 5.13 Å². The summed E-state index contributed by atoms with van der Waals surface area (Å²) >= 11 is 7.41. The Bertz CT molecular complexity index is 596. The molecule has 4 nitrogen and oxygen atoms in total. The fraction of sp³-hybridized carbons (Fsp3) is 0.357. The summed E-state index contributed by atoms with van der Waals surface area (Å²) in [4.78, 5) is 12.1. The molecule has 0 radical (unpaired) electrons. The summed E-state index contributed by atoms with van der Waals surface area (Å²) in [5.41, 5.74) is 0.438. The molecule has 0 saturated heterocycles. The van der Waals surface area contributed by atoms with E-state index in [2.05, 4.69) is 29.4 Å². The van der Waals surface area contributed by atoms with E-state index in [1.807, 2.05) is 0 Å². The third-order valence-corrected chi connectivity index (χ3v) is 4.45. The molecule has 0 aliphatic rings. The molecular formula is C14H16ClN3OS. The predicted octanol–water partition coefficient (Wildman–Crippen LogP) is 4.35. The molecule has 0 unspecified atom stereocenters. The van der Waals surface area contributed by atoms with Crippen LogP contribution >= 0.6 is 22.9 Å². The van der Waals surface area contributed by atoms with Crippen LogP contribution in [0.25, 0.3) is 0 Å². The first kappa shape index (κ1) is 14.9. The summed E-state index contributed by atoms with van der Waals surface area (Å²) in [6.45, 7) is 4.25. The Hall–Kier alpha value is -1.46. The molecule has 1 N–H and O–H groups in total. The van der Waals surface area contributed by atoms with Crippen molar-refractivity contribution in [1.29, 1.82) is 0 Å². The van der Waals surface area contributed by atoms with Crippen molar-refractivity contribution in [3.63, 3.8) is 0 Å². The quantitative estimate of drug-likeness (QED) is 0.893. The number of aromatic nitrogens is 2. The number of rotatable bonds is 5. The monoisotopic (exact) mass is 309 g/mol. The highest BCUT2D eigenvalue weighted by Crippen LogP contribution is 2.28. The summed E-state index contributed by atoms with van der Waals surface area (Å²) in [5, 5.41) is 12.8. The van der Waals surface area contributed by atoms with Crippen LogP contribution in [0, 0.1) is 0 Å². The van der Waals surface area contributed by atoms with Gasteiger partial charge in [-0.1, -0.05) is 48.9 Å². The molecule has 1 heterocycles. The minimum atomic E-state index is -0.261. The summed E-state index contributed by atoms with van der Waals surface area (Å²) < 4.78 is 0. The molecule has 106 valence electrons. The van der Waals surface area contributed by atoms with Gasteiger partial charge in [0.1, 0.15) is 5.01 Å². The third kappa shape index (κ3) is 3.35. The number of carbonyl (C=O) groups is 1. The van der Waals surface area contributed by atoms with Crippen molar-refractivity contribution < 1.29 is 4.79 Å². The first-order valence-corrected chi connectivity index (χ1v) is 7.74. The van der Waals surface area contributed by atoms with E-state index < -0.39 is 0 Å². The number of halogens is 1. The zero-order valence-corrected chi connectivity index (χ0v) is 13.0. The zero-order chi connectivity index (χ0) is 14.5. The first-order valence-electron chi connectivity index (χ1n) is 6.55. The summed E-state index contributed by atoms with van der Waals surface area (Å²) in [7, 11) is 0. The minimum absolute atomic E-state index is 0.261. The van der Waals surface area contributed by atoms with Gasteiger partial charge in [-0.05, 0) is 25.0 Å². The highest BCUT2D eigenvalue weighted by molar-refractivity contribution is 7.15. The van der Waals surface area contributed by atoms with Crippen molar-refractivity contribution in [2.75, 3.05) is 5.32 Å². The lowest BCUT2D eigenvalue weighted by Crippen LogP contribution is -2.12. The van der Waals surface area contributed by atoms with E-state index in [1.54, 1.807) is 24.3 Å².